The van der Waals surface area contributed by atoms with E-state index in [4.69, 9.17) is 9.47 Å². The van der Waals surface area contributed by atoms with E-state index in [1.54, 1.807) is 13.8 Å². The van der Waals surface area contributed by atoms with Crippen molar-refractivity contribution in [1.82, 2.24) is 5.32 Å². The number of carbonyl (C=O) groups is 2. The number of carbonyl (C=O) groups excluding carboxylic acids is 2. The highest BCUT2D eigenvalue weighted by Gasteiger charge is 2.26. The smallest absolute Gasteiger partial charge is 0.328 e. The topological polar surface area (TPSA) is 64.6 Å². The quantitative estimate of drug-likeness (QED) is 0.682. The number of hydrogen-bond donors (Lipinski definition) is 1. The highest BCUT2D eigenvalue weighted by molar-refractivity contribution is 5.86. The van der Waals surface area contributed by atoms with Gasteiger partial charge in [0.1, 0.15) is 12.1 Å². The molecule has 0 aromatic rings. The largest absolute Gasteiger partial charge is 0.464 e. The predicted octanol–water partition coefficient (Wildman–Crippen LogP) is 0.233. The van der Waals surface area contributed by atoms with Crippen molar-refractivity contribution in [3.05, 3.63) is 0 Å². The molecule has 1 fully saturated rings. The summed E-state index contributed by atoms with van der Waals surface area (Å²) in [7, 11) is 0. The van der Waals surface area contributed by atoms with Gasteiger partial charge in [0.05, 0.1) is 6.61 Å². The molecule has 1 amide bonds. The molecule has 2 atom stereocenters. The van der Waals surface area contributed by atoms with E-state index in [-0.39, 0.29) is 5.91 Å². The second-order valence-corrected chi connectivity index (χ2v) is 3.48. The van der Waals surface area contributed by atoms with E-state index in [2.05, 4.69) is 5.32 Å². The van der Waals surface area contributed by atoms with Crippen LogP contribution in [0.25, 0.3) is 0 Å². The third-order valence-corrected chi connectivity index (χ3v) is 2.22. The third-order valence-electron chi connectivity index (χ3n) is 2.22. The van der Waals surface area contributed by atoms with Crippen molar-refractivity contribution in [1.29, 1.82) is 0 Å². The Kier molecular flexibility index (Phi) is 4.55. The Labute approximate surface area is 89.1 Å². The Hall–Kier alpha value is -1.10. The average molecular weight is 215 g/mol. The minimum Gasteiger partial charge on any atom is -0.464 e. The lowest BCUT2D eigenvalue weighted by atomic mass is 10.2. The summed E-state index contributed by atoms with van der Waals surface area (Å²) in [6.45, 7) is 4.27. The van der Waals surface area contributed by atoms with E-state index in [0.29, 0.717) is 13.2 Å². The predicted molar refractivity (Wildman–Crippen MR) is 53.2 cm³/mol. The molecule has 1 heterocycles. The zero-order valence-electron chi connectivity index (χ0n) is 9.12. The van der Waals surface area contributed by atoms with Crippen molar-refractivity contribution >= 4 is 11.9 Å². The number of rotatable bonds is 4. The minimum atomic E-state index is -0.610. The van der Waals surface area contributed by atoms with Gasteiger partial charge in [0.15, 0.2) is 0 Å². The number of nitrogens with one attached hydrogen (secondary N) is 1. The van der Waals surface area contributed by atoms with E-state index in [0.717, 1.165) is 12.8 Å². The van der Waals surface area contributed by atoms with E-state index in [9.17, 15) is 9.59 Å². The molecule has 86 valence electrons. The highest BCUT2D eigenvalue weighted by Crippen LogP contribution is 2.11. The summed E-state index contributed by atoms with van der Waals surface area (Å²) in [4.78, 5) is 22.7. The first kappa shape index (κ1) is 12.0. The summed E-state index contributed by atoms with van der Waals surface area (Å²) in [5, 5.41) is 2.57. The van der Waals surface area contributed by atoms with Gasteiger partial charge < -0.3 is 14.8 Å². The second-order valence-electron chi connectivity index (χ2n) is 3.48. The lowest BCUT2D eigenvalue weighted by Gasteiger charge is -2.15. The Morgan fingerprint density at radius 3 is 2.87 bits per heavy atom. The molecular formula is C10H17NO4. The van der Waals surface area contributed by atoms with Gasteiger partial charge in [-0.1, -0.05) is 0 Å². The molecule has 1 unspecified atom stereocenters. The fourth-order valence-corrected chi connectivity index (χ4v) is 1.42. The molecule has 0 aliphatic carbocycles. The van der Waals surface area contributed by atoms with Crippen LogP contribution >= 0.6 is 0 Å². The summed E-state index contributed by atoms with van der Waals surface area (Å²) in [6.07, 6.45) is 1.22. The number of esters is 1. The molecule has 0 saturated carbocycles. The molecule has 5 heteroatoms. The van der Waals surface area contributed by atoms with E-state index < -0.39 is 18.1 Å². The summed E-state index contributed by atoms with van der Waals surface area (Å²) in [6, 6.07) is -0.610. The summed E-state index contributed by atoms with van der Waals surface area (Å²) in [5.74, 6) is -0.642. The van der Waals surface area contributed by atoms with Crippen LogP contribution in [-0.2, 0) is 19.1 Å². The monoisotopic (exact) mass is 215 g/mol. The molecule has 1 N–H and O–H groups in total. The molecule has 15 heavy (non-hydrogen) atoms. The minimum absolute atomic E-state index is 0.229. The molecule has 1 rings (SSSR count). The van der Waals surface area contributed by atoms with Crippen LogP contribution in [0.1, 0.15) is 26.7 Å². The van der Waals surface area contributed by atoms with Crippen molar-refractivity contribution in [3.8, 4) is 0 Å². The Bertz CT molecular complexity index is 236. The summed E-state index contributed by atoms with van der Waals surface area (Å²) >= 11 is 0. The van der Waals surface area contributed by atoms with Gasteiger partial charge in [-0.25, -0.2) is 4.79 Å². The maximum Gasteiger partial charge on any atom is 0.328 e. The molecule has 1 aliphatic heterocycles. The van der Waals surface area contributed by atoms with Gasteiger partial charge in [0.2, 0.25) is 5.91 Å². The molecule has 1 saturated heterocycles. The zero-order valence-corrected chi connectivity index (χ0v) is 9.12. The normalized spacial score (nSPS) is 22.1. The molecule has 5 nitrogen and oxygen atoms in total. The lowest BCUT2D eigenvalue weighted by molar-refractivity contribution is -0.148. The van der Waals surface area contributed by atoms with Crippen LogP contribution in [0.3, 0.4) is 0 Å². The molecular weight excluding hydrogens is 198 g/mol. The molecule has 0 aromatic carbocycles. The van der Waals surface area contributed by atoms with Crippen molar-refractivity contribution in [3.63, 3.8) is 0 Å². The van der Waals surface area contributed by atoms with Gasteiger partial charge in [-0.2, -0.15) is 0 Å². The summed E-state index contributed by atoms with van der Waals surface area (Å²) in [5.41, 5.74) is 0. The van der Waals surface area contributed by atoms with E-state index >= 15 is 0 Å². The summed E-state index contributed by atoms with van der Waals surface area (Å²) < 4.78 is 9.96. The van der Waals surface area contributed by atoms with E-state index in [1.165, 1.54) is 0 Å². The molecule has 0 spiro atoms. The number of ether oxygens (including phenoxy) is 2. The van der Waals surface area contributed by atoms with Crippen LogP contribution in [0, 0.1) is 0 Å². The molecule has 0 bridgehead atoms. The first-order valence-electron chi connectivity index (χ1n) is 5.23. The molecule has 0 aromatic heterocycles. The SMILES string of the molecule is CCOC(=O)C(C)NC(=O)[C@H]1CCCO1. The fourth-order valence-electron chi connectivity index (χ4n) is 1.42. The van der Waals surface area contributed by atoms with Gasteiger partial charge in [-0.15, -0.1) is 0 Å². The van der Waals surface area contributed by atoms with Crippen molar-refractivity contribution in [2.45, 2.75) is 38.8 Å². The average Bonchev–Trinajstić information content (AvgIpc) is 2.70. The first-order valence-corrected chi connectivity index (χ1v) is 5.23. The van der Waals surface area contributed by atoms with Crippen LogP contribution in [0.5, 0.6) is 0 Å². The van der Waals surface area contributed by atoms with Gasteiger partial charge >= 0.3 is 5.97 Å². The van der Waals surface area contributed by atoms with Gasteiger partial charge in [0.25, 0.3) is 0 Å². The Morgan fingerprint density at radius 1 is 1.60 bits per heavy atom. The zero-order chi connectivity index (χ0) is 11.3. The second kappa shape index (κ2) is 5.70. The van der Waals surface area contributed by atoms with Crippen molar-refractivity contribution < 1.29 is 19.1 Å². The molecule has 0 radical (unpaired) electrons. The highest BCUT2D eigenvalue weighted by atomic mass is 16.5. The maximum absolute atomic E-state index is 11.5. The van der Waals surface area contributed by atoms with Gasteiger partial charge in [-0.3, -0.25) is 4.79 Å². The van der Waals surface area contributed by atoms with Crippen molar-refractivity contribution in [2.24, 2.45) is 0 Å². The van der Waals surface area contributed by atoms with Crippen LogP contribution in [0.15, 0.2) is 0 Å². The van der Waals surface area contributed by atoms with Crippen LogP contribution < -0.4 is 5.32 Å². The first-order chi connectivity index (χ1) is 7.15. The fraction of sp³-hybridized carbons (Fsp3) is 0.800. The Balaban J connectivity index is 2.33. The number of hydrogen-bond acceptors (Lipinski definition) is 4. The van der Waals surface area contributed by atoms with Crippen molar-refractivity contribution in [2.75, 3.05) is 13.2 Å². The third kappa shape index (κ3) is 3.51. The van der Waals surface area contributed by atoms with Crippen LogP contribution in [-0.4, -0.2) is 37.2 Å². The Morgan fingerprint density at radius 2 is 2.33 bits per heavy atom. The van der Waals surface area contributed by atoms with Gasteiger partial charge in [-0.05, 0) is 26.7 Å². The maximum atomic E-state index is 11.5. The standard InChI is InChI=1S/C10H17NO4/c1-3-14-10(13)7(2)11-9(12)8-5-4-6-15-8/h7-8H,3-6H2,1-2H3,(H,11,12)/t7?,8-/m1/s1. The van der Waals surface area contributed by atoms with E-state index in [1.807, 2.05) is 0 Å². The van der Waals surface area contributed by atoms with Crippen LogP contribution in [0.2, 0.25) is 0 Å². The van der Waals surface area contributed by atoms with Crippen LogP contribution in [0.4, 0.5) is 0 Å². The number of amides is 1. The molecule has 1 aliphatic rings. The lowest BCUT2D eigenvalue weighted by Crippen LogP contribution is -2.44. The van der Waals surface area contributed by atoms with Gasteiger partial charge in [0, 0.05) is 6.61 Å².